The zero-order chi connectivity index (χ0) is 29.1. The highest BCUT2D eigenvalue weighted by Gasteiger charge is 2.35. The van der Waals surface area contributed by atoms with Crippen LogP contribution < -0.4 is 0 Å². The van der Waals surface area contributed by atoms with Crippen molar-refractivity contribution in [3.63, 3.8) is 0 Å². The molecule has 0 bridgehead atoms. The van der Waals surface area contributed by atoms with Crippen LogP contribution in [0.3, 0.4) is 0 Å². The van der Waals surface area contributed by atoms with Gasteiger partial charge in [-0.15, -0.1) is 0 Å². The number of hydrogen-bond donors (Lipinski definition) is 0. The first kappa shape index (κ1) is 25.3. The van der Waals surface area contributed by atoms with Crippen molar-refractivity contribution in [2.75, 3.05) is 0 Å². The second-order valence-corrected chi connectivity index (χ2v) is 12.0. The first-order chi connectivity index (χ1) is 21.0. The summed E-state index contributed by atoms with van der Waals surface area (Å²) < 4.78 is 0. The Morgan fingerprint density at radius 3 is 1.44 bits per heavy atom. The fraction of sp³-hybridized carbons (Fsp3) is 0.0714. The van der Waals surface area contributed by atoms with Gasteiger partial charge < -0.3 is 0 Å². The molecule has 1 heteroatoms. The molecule has 0 saturated heterocycles. The van der Waals surface area contributed by atoms with Crippen molar-refractivity contribution in [2.45, 2.75) is 19.3 Å². The van der Waals surface area contributed by atoms with Crippen LogP contribution >= 0.6 is 0 Å². The van der Waals surface area contributed by atoms with Crippen LogP contribution in [0.2, 0.25) is 0 Å². The standard InChI is InChI=1S/C42H29N/c1-42(2)38-24-27(26-43)16-22-32(38)33-23-21-31(25-39(33)42)28-17-19-30(20-18-28)41-36-14-8-6-12-34(36)40(29-10-4-3-5-11-29)35-13-7-9-15-37(35)41/h3-25H,1-2H3. The zero-order valence-corrected chi connectivity index (χ0v) is 24.2. The summed E-state index contributed by atoms with van der Waals surface area (Å²) in [6.07, 6.45) is 0. The van der Waals surface area contributed by atoms with Crippen LogP contribution in [0.4, 0.5) is 0 Å². The smallest absolute Gasteiger partial charge is 0.0991 e. The summed E-state index contributed by atoms with van der Waals surface area (Å²) in [5.74, 6) is 0. The van der Waals surface area contributed by atoms with Crippen molar-refractivity contribution >= 4 is 21.5 Å². The molecule has 7 aromatic rings. The molecule has 0 amide bonds. The van der Waals surface area contributed by atoms with Crippen LogP contribution in [0.5, 0.6) is 0 Å². The number of hydrogen-bond acceptors (Lipinski definition) is 1. The van der Waals surface area contributed by atoms with E-state index in [1.165, 1.54) is 77.2 Å². The van der Waals surface area contributed by atoms with Gasteiger partial charge in [0, 0.05) is 5.41 Å². The van der Waals surface area contributed by atoms with Crippen LogP contribution in [0.15, 0.2) is 140 Å². The highest BCUT2D eigenvalue weighted by atomic mass is 14.4. The fourth-order valence-electron chi connectivity index (χ4n) is 7.17. The number of nitrogens with zero attached hydrogens (tertiary/aromatic N) is 1. The molecule has 0 radical (unpaired) electrons. The average molecular weight is 548 g/mol. The van der Waals surface area contributed by atoms with Gasteiger partial charge in [-0.3, -0.25) is 0 Å². The molecular weight excluding hydrogens is 518 g/mol. The zero-order valence-electron chi connectivity index (χ0n) is 24.2. The maximum atomic E-state index is 9.49. The summed E-state index contributed by atoms with van der Waals surface area (Å²) in [7, 11) is 0. The van der Waals surface area contributed by atoms with Crippen molar-refractivity contribution in [3.05, 3.63) is 156 Å². The lowest BCUT2D eigenvalue weighted by atomic mass is 9.81. The lowest BCUT2D eigenvalue weighted by molar-refractivity contribution is 0.660. The van der Waals surface area contributed by atoms with E-state index in [0.29, 0.717) is 5.56 Å². The maximum Gasteiger partial charge on any atom is 0.0991 e. The molecule has 1 aliphatic carbocycles. The van der Waals surface area contributed by atoms with Gasteiger partial charge in [0.05, 0.1) is 11.6 Å². The van der Waals surface area contributed by atoms with E-state index in [1.807, 2.05) is 6.07 Å². The quantitative estimate of drug-likeness (QED) is 0.202. The van der Waals surface area contributed by atoms with Gasteiger partial charge in [-0.1, -0.05) is 135 Å². The summed E-state index contributed by atoms with van der Waals surface area (Å²) >= 11 is 0. The first-order valence-corrected chi connectivity index (χ1v) is 14.8. The molecule has 0 N–H and O–H groups in total. The molecule has 0 heterocycles. The van der Waals surface area contributed by atoms with Gasteiger partial charge in [0.15, 0.2) is 0 Å². The summed E-state index contributed by atoms with van der Waals surface area (Å²) in [6, 6.07) is 52.6. The molecule has 0 atom stereocenters. The van der Waals surface area contributed by atoms with Crippen LogP contribution in [0.25, 0.3) is 66.1 Å². The Morgan fingerprint density at radius 1 is 0.442 bits per heavy atom. The third-order valence-electron chi connectivity index (χ3n) is 9.31. The predicted molar refractivity (Wildman–Crippen MR) is 180 cm³/mol. The van der Waals surface area contributed by atoms with Gasteiger partial charge in [0.2, 0.25) is 0 Å². The summed E-state index contributed by atoms with van der Waals surface area (Å²) in [4.78, 5) is 0. The average Bonchev–Trinajstić information content (AvgIpc) is 3.29. The van der Waals surface area contributed by atoms with Crippen molar-refractivity contribution in [1.82, 2.24) is 0 Å². The molecule has 8 rings (SSSR count). The summed E-state index contributed by atoms with van der Waals surface area (Å²) in [5.41, 5.74) is 13.0. The van der Waals surface area contributed by atoms with E-state index in [2.05, 4.69) is 153 Å². The van der Waals surface area contributed by atoms with Crippen molar-refractivity contribution in [2.24, 2.45) is 0 Å². The van der Waals surface area contributed by atoms with Crippen LogP contribution in [-0.2, 0) is 5.41 Å². The maximum absolute atomic E-state index is 9.49. The highest BCUT2D eigenvalue weighted by molar-refractivity contribution is 6.21. The normalized spacial score (nSPS) is 13.0. The van der Waals surface area contributed by atoms with Gasteiger partial charge in [-0.25, -0.2) is 0 Å². The minimum absolute atomic E-state index is 0.161. The number of benzene rings is 7. The Kier molecular flexibility index (Phi) is 5.61. The van der Waals surface area contributed by atoms with E-state index in [0.717, 1.165) is 0 Å². The summed E-state index contributed by atoms with van der Waals surface area (Å²) in [6.45, 7) is 4.53. The Labute approximate surface area is 252 Å². The Hall–Kier alpha value is -5.45. The van der Waals surface area contributed by atoms with Gasteiger partial charge in [0.1, 0.15) is 0 Å². The molecule has 202 valence electrons. The second-order valence-electron chi connectivity index (χ2n) is 12.0. The Balaban J connectivity index is 1.26. The molecule has 0 aromatic heterocycles. The molecule has 0 fully saturated rings. The molecular formula is C42H29N. The van der Waals surface area contributed by atoms with Crippen LogP contribution in [0.1, 0.15) is 30.5 Å². The monoisotopic (exact) mass is 547 g/mol. The topological polar surface area (TPSA) is 23.8 Å². The Morgan fingerprint density at radius 2 is 0.884 bits per heavy atom. The largest absolute Gasteiger partial charge is 0.192 e. The molecule has 0 aliphatic heterocycles. The Bertz CT molecular complexity index is 2190. The van der Waals surface area contributed by atoms with Crippen LogP contribution in [0, 0.1) is 11.3 Å². The molecule has 0 spiro atoms. The summed E-state index contributed by atoms with van der Waals surface area (Å²) in [5, 5.41) is 14.6. The number of rotatable bonds is 3. The van der Waals surface area contributed by atoms with E-state index in [-0.39, 0.29) is 5.41 Å². The molecule has 0 unspecified atom stereocenters. The highest BCUT2D eigenvalue weighted by Crippen LogP contribution is 2.50. The molecule has 7 aromatic carbocycles. The van der Waals surface area contributed by atoms with E-state index >= 15 is 0 Å². The molecule has 43 heavy (non-hydrogen) atoms. The number of nitriles is 1. The molecule has 0 saturated carbocycles. The molecule has 1 nitrogen and oxygen atoms in total. The number of fused-ring (bicyclic) bond motifs is 5. The third-order valence-corrected chi connectivity index (χ3v) is 9.31. The van der Waals surface area contributed by atoms with Gasteiger partial charge in [-0.05, 0) is 95.4 Å². The third kappa shape index (κ3) is 3.84. The van der Waals surface area contributed by atoms with E-state index < -0.39 is 0 Å². The van der Waals surface area contributed by atoms with Crippen molar-refractivity contribution in [3.8, 4) is 50.6 Å². The lowest BCUT2D eigenvalue weighted by Gasteiger charge is -2.22. The van der Waals surface area contributed by atoms with E-state index in [9.17, 15) is 5.26 Å². The van der Waals surface area contributed by atoms with E-state index in [1.54, 1.807) is 0 Å². The van der Waals surface area contributed by atoms with Gasteiger partial charge >= 0.3 is 0 Å². The van der Waals surface area contributed by atoms with E-state index in [4.69, 9.17) is 0 Å². The van der Waals surface area contributed by atoms with Crippen LogP contribution in [-0.4, -0.2) is 0 Å². The van der Waals surface area contributed by atoms with Crippen molar-refractivity contribution in [1.29, 1.82) is 5.26 Å². The SMILES string of the molecule is CC1(C)c2cc(C#N)ccc2-c2ccc(-c3ccc(-c4c5ccccc5c(-c5ccccc5)c5ccccc45)cc3)cc21. The second kappa shape index (κ2) is 9.55. The van der Waals surface area contributed by atoms with Gasteiger partial charge in [0.25, 0.3) is 0 Å². The lowest BCUT2D eigenvalue weighted by Crippen LogP contribution is -2.15. The molecule has 1 aliphatic rings. The fourth-order valence-corrected chi connectivity index (χ4v) is 7.17. The van der Waals surface area contributed by atoms with Crippen molar-refractivity contribution < 1.29 is 0 Å². The first-order valence-electron chi connectivity index (χ1n) is 14.8. The van der Waals surface area contributed by atoms with Gasteiger partial charge in [-0.2, -0.15) is 5.26 Å². The predicted octanol–water partition coefficient (Wildman–Crippen LogP) is 11.2. The minimum Gasteiger partial charge on any atom is -0.192 e. The minimum atomic E-state index is -0.161.